The smallest absolute Gasteiger partial charge is 0.379 e. The number of likely N-dealkylation sites (tertiary alicyclic amines) is 1. The average Bonchev–Trinajstić information content (AvgIpc) is 3.70. The number of ketones is 1. The fraction of sp³-hybridized carbons (Fsp3) is 0.763. The maximum atomic E-state index is 12.8. The van der Waals surface area contributed by atoms with Gasteiger partial charge in [-0.25, -0.2) is 0 Å². The number of nitrogens with one attached hydrogen (secondary N) is 2. The highest BCUT2D eigenvalue weighted by molar-refractivity contribution is 8.00. The zero-order valence-corrected chi connectivity index (χ0v) is 37.7. The number of Topliss-reactive ketones (excluding diaryl/α,β-unsaturated/α-hetero) is 1. The molecule has 0 aromatic carbocycles. The van der Waals surface area contributed by atoms with Crippen LogP contribution in [0.5, 0.6) is 0 Å². The minimum absolute atomic E-state index is 0.00101. The molecule has 0 radical (unpaired) electrons. The van der Waals surface area contributed by atoms with Gasteiger partial charge in [-0.15, -0.1) is 20.8 Å². The molecule has 2 aliphatic rings. The Bertz CT molecular complexity index is 1400. The van der Waals surface area contributed by atoms with Crippen molar-refractivity contribution in [3.63, 3.8) is 0 Å². The summed E-state index contributed by atoms with van der Waals surface area (Å²) in [5.74, 6) is -1.33. The lowest BCUT2D eigenvalue weighted by molar-refractivity contribution is -0.140. The number of ether oxygens (including phenoxy) is 3. The quantitative estimate of drug-likeness (QED) is 0.0454. The van der Waals surface area contributed by atoms with E-state index in [9.17, 15) is 43.0 Å². The van der Waals surface area contributed by atoms with Crippen molar-refractivity contribution < 1.29 is 75.3 Å². The average molecular weight is 926 g/mol. The van der Waals surface area contributed by atoms with Crippen molar-refractivity contribution in [1.82, 2.24) is 20.4 Å². The molecule has 2 rings (SSSR count). The molecule has 1 saturated heterocycles. The second-order valence-corrected chi connectivity index (χ2v) is 17.0. The van der Waals surface area contributed by atoms with Crippen molar-refractivity contribution >= 4 is 69.8 Å². The van der Waals surface area contributed by atoms with Crippen LogP contribution in [0.2, 0.25) is 0 Å². The third-order valence-electron chi connectivity index (χ3n) is 8.71. The summed E-state index contributed by atoms with van der Waals surface area (Å²) in [7, 11) is -4.45. The molecule has 0 bridgehead atoms. The van der Waals surface area contributed by atoms with Crippen LogP contribution in [-0.4, -0.2) is 159 Å². The van der Waals surface area contributed by atoms with Crippen LogP contribution in [0.3, 0.4) is 0 Å². The highest BCUT2D eigenvalue weighted by atomic mass is 32.2. The molecule has 0 aromatic rings. The van der Waals surface area contributed by atoms with Crippen molar-refractivity contribution in [1.29, 1.82) is 0 Å². The van der Waals surface area contributed by atoms with E-state index in [4.69, 9.17) is 32.3 Å². The van der Waals surface area contributed by atoms with Gasteiger partial charge >= 0.3 is 16.9 Å². The van der Waals surface area contributed by atoms with E-state index in [0.717, 1.165) is 41.9 Å². The van der Waals surface area contributed by atoms with Gasteiger partial charge in [-0.1, -0.05) is 19.3 Å². The number of hydrogen-bond donors (Lipinski definition) is 3. The molecule has 0 saturated carbocycles. The fourth-order valence-corrected chi connectivity index (χ4v) is 7.76. The van der Waals surface area contributed by atoms with E-state index in [2.05, 4.69) is 10.6 Å². The molecule has 346 valence electrons. The molecule has 3 unspecified atom stereocenters. The SMILES string of the molecule is CC(=O)CCCCCCCOP(O)OCCO[P+](=O)OCCCSC1CC(=O)N(CCC(=O)NCCCOCCOCCOCCCNC(=O)CCN2C(=O)C=CC2=O)C1=O. The van der Waals surface area contributed by atoms with Crippen molar-refractivity contribution in [3.8, 4) is 0 Å². The number of nitrogens with zero attached hydrogens (tertiary/aromatic N) is 2. The number of rotatable bonds is 40. The number of carbonyl (C=O) groups is 7. The van der Waals surface area contributed by atoms with Crippen LogP contribution in [0.1, 0.15) is 84.0 Å². The lowest BCUT2D eigenvalue weighted by Crippen LogP contribution is -2.36. The number of thioether (sulfide) groups is 1. The molecule has 0 spiro atoms. The zero-order chi connectivity index (χ0) is 44.5. The monoisotopic (exact) mass is 925 g/mol. The second kappa shape index (κ2) is 34.6. The molecule has 1 fully saturated rings. The molecule has 0 aliphatic carbocycles. The first kappa shape index (κ1) is 54.3. The van der Waals surface area contributed by atoms with Gasteiger partial charge in [-0.2, -0.15) is 0 Å². The van der Waals surface area contributed by atoms with Crippen molar-refractivity contribution in [2.75, 3.05) is 98.0 Å². The molecule has 0 aromatic heterocycles. The molecule has 6 amide bonds. The van der Waals surface area contributed by atoms with E-state index >= 15 is 0 Å². The van der Waals surface area contributed by atoms with Crippen molar-refractivity contribution in [2.45, 2.75) is 89.2 Å². The summed E-state index contributed by atoms with van der Waals surface area (Å²) in [4.78, 5) is 95.2. The van der Waals surface area contributed by atoms with Gasteiger partial charge in [0.25, 0.3) is 11.8 Å². The van der Waals surface area contributed by atoms with Gasteiger partial charge < -0.3 is 43.6 Å². The van der Waals surface area contributed by atoms with Crippen LogP contribution in [-0.2, 0) is 70.4 Å². The molecule has 2 heterocycles. The van der Waals surface area contributed by atoms with E-state index in [0.29, 0.717) is 90.8 Å². The summed E-state index contributed by atoms with van der Waals surface area (Å²) >= 11 is 1.30. The topological polar surface area (TPSA) is 252 Å². The first-order valence-corrected chi connectivity index (χ1v) is 24.0. The molecule has 3 atom stereocenters. The van der Waals surface area contributed by atoms with Gasteiger partial charge in [0.15, 0.2) is 0 Å². The van der Waals surface area contributed by atoms with E-state index in [1.807, 2.05) is 0 Å². The Morgan fingerprint density at radius 3 is 1.85 bits per heavy atom. The molecule has 23 heteroatoms. The third-order valence-corrected chi connectivity index (χ3v) is 11.6. The summed E-state index contributed by atoms with van der Waals surface area (Å²) in [6.07, 6.45) is 9.27. The Labute approximate surface area is 364 Å². The third kappa shape index (κ3) is 27.1. The van der Waals surface area contributed by atoms with Gasteiger partial charge in [0, 0.05) is 81.8 Å². The first-order valence-electron chi connectivity index (χ1n) is 20.7. The van der Waals surface area contributed by atoms with Crippen molar-refractivity contribution in [3.05, 3.63) is 12.2 Å². The number of imide groups is 2. The number of unbranched alkanes of at least 4 members (excludes halogenated alkanes) is 4. The zero-order valence-electron chi connectivity index (χ0n) is 35.1. The first-order chi connectivity index (χ1) is 29.5. The minimum Gasteiger partial charge on any atom is -0.379 e. The van der Waals surface area contributed by atoms with Gasteiger partial charge in [0.05, 0.1) is 44.9 Å². The van der Waals surface area contributed by atoms with Crippen LogP contribution in [0.4, 0.5) is 0 Å². The summed E-state index contributed by atoms with van der Waals surface area (Å²) < 4.78 is 48.9. The molecule has 20 nitrogen and oxygen atoms in total. The lowest BCUT2D eigenvalue weighted by Gasteiger charge is -2.14. The normalized spacial score (nSPS) is 15.9. The highest BCUT2D eigenvalue weighted by Crippen LogP contribution is 2.33. The summed E-state index contributed by atoms with van der Waals surface area (Å²) in [6.45, 7) is 5.16. The highest BCUT2D eigenvalue weighted by Gasteiger charge is 2.38. The Kier molecular flexibility index (Phi) is 30.9. The van der Waals surface area contributed by atoms with Crippen LogP contribution < -0.4 is 10.6 Å². The Hall–Kier alpha value is -2.81. The number of carbonyl (C=O) groups excluding carboxylic acids is 7. The molecular formula is C38H63N4O16P2S+. The summed E-state index contributed by atoms with van der Waals surface area (Å²) in [5, 5.41) is 4.93. The van der Waals surface area contributed by atoms with Crippen LogP contribution >= 0.6 is 28.6 Å². The van der Waals surface area contributed by atoms with Gasteiger partial charge in [-0.05, 0) is 44.8 Å². The Morgan fingerprint density at radius 1 is 0.689 bits per heavy atom. The van der Waals surface area contributed by atoms with E-state index in [1.165, 1.54) is 23.9 Å². The minimum atomic E-state index is -2.39. The van der Waals surface area contributed by atoms with Gasteiger partial charge in [-0.3, -0.25) is 38.6 Å². The van der Waals surface area contributed by atoms with Crippen LogP contribution in [0, 0.1) is 0 Å². The van der Waals surface area contributed by atoms with Crippen LogP contribution in [0.15, 0.2) is 12.2 Å². The van der Waals surface area contributed by atoms with E-state index < -0.39 is 33.9 Å². The molecule has 3 N–H and O–H groups in total. The molecular weight excluding hydrogens is 862 g/mol. The maximum Gasteiger partial charge on any atom is 0.697 e. The van der Waals surface area contributed by atoms with E-state index in [1.54, 1.807) is 6.92 Å². The number of hydrogen-bond acceptors (Lipinski definition) is 17. The molecule has 61 heavy (non-hydrogen) atoms. The lowest BCUT2D eigenvalue weighted by atomic mass is 10.1. The number of amides is 6. The molecule has 2 aliphatic heterocycles. The fourth-order valence-electron chi connectivity index (χ4n) is 5.49. The van der Waals surface area contributed by atoms with Gasteiger partial charge in [0.2, 0.25) is 23.6 Å². The van der Waals surface area contributed by atoms with E-state index in [-0.39, 0.29) is 81.6 Å². The largest absolute Gasteiger partial charge is 0.697 e. The van der Waals surface area contributed by atoms with Crippen LogP contribution in [0.25, 0.3) is 0 Å². The second-order valence-electron chi connectivity index (χ2n) is 13.7. The van der Waals surface area contributed by atoms with Crippen molar-refractivity contribution in [2.24, 2.45) is 0 Å². The predicted molar refractivity (Wildman–Crippen MR) is 224 cm³/mol. The Morgan fingerprint density at radius 2 is 1.23 bits per heavy atom. The summed E-state index contributed by atoms with van der Waals surface area (Å²) in [6, 6.07) is 0. The summed E-state index contributed by atoms with van der Waals surface area (Å²) in [5.41, 5.74) is 0. The Balaban J connectivity index is 1.34. The maximum absolute atomic E-state index is 12.8. The standard InChI is InChI=1S/C38H62N4O16P2S/c1-31(43)10-5-3-2-4-6-21-55-59(50)57-27-28-58-60(51)56-22-9-29-61-32-30-37(48)42(38(32)49)18-14-34(45)40-16-8-20-53-24-26-54-25-23-52-19-7-15-39-33(44)13-17-41-35(46)11-12-36(41)47/h11-12,32,50H,2-10,13-30H2,1H3,(H-,39,40,44,45)/p+1. The van der Waals surface area contributed by atoms with Gasteiger partial charge in [0.1, 0.15) is 19.0 Å². The predicted octanol–water partition coefficient (Wildman–Crippen LogP) is 2.88.